The quantitative estimate of drug-likeness (QED) is 0.482. The molecule has 0 fully saturated rings. The van der Waals surface area contributed by atoms with E-state index in [0.29, 0.717) is 0 Å². The standard InChI is InChI=1S/CH3O2S3/c1-3-6(2)5-4/h1H3/q-1. The van der Waals surface area contributed by atoms with E-state index in [1.807, 2.05) is 0 Å². The number of hydrogen-bond donors (Lipinski definition) is 0. The van der Waals surface area contributed by atoms with E-state index >= 15 is 0 Å². The van der Waals surface area contributed by atoms with Crippen molar-refractivity contribution in [3.05, 3.63) is 0 Å². The summed E-state index contributed by atoms with van der Waals surface area (Å²) in [5, 5.41) is 0. The minimum Gasteiger partial charge on any atom is -0.446 e. The molecular formula is CH3O2S3-. The Bertz CT molecular complexity index is 117. The van der Waals surface area contributed by atoms with Crippen LogP contribution in [0.15, 0.2) is 0 Å². The van der Waals surface area contributed by atoms with Crippen molar-refractivity contribution in [1.82, 2.24) is 0 Å². The first-order chi connectivity index (χ1) is 2.81. The zero-order valence-corrected chi connectivity index (χ0v) is 5.49. The Morgan fingerprint density at radius 1 is 2.00 bits per heavy atom. The Labute approximate surface area is 45.6 Å². The SMILES string of the molecule is CO[S-](=O)=S=S. The lowest BCUT2D eigenvalue weighted by Gasteiger charge is -1.88. The Kier molecular flexibility index (Phi) is 4.07. The van der Waals surface area contributed by atoms with Crippen LogP contribution in [0.25, 0.3) is 0 Å². The molecule has 0 N–H and O–H groups in total. The lowest BCUT2D eigenvalue weighted by molar-refractivity contribution is 0.444. The first-order valence-electron chi connectivity index (χ1n) is 1.07. The molecule has 0 spiro atoms. The van der Waals surface area contributed by atoms with Crippen LogP contribution in [0.2, 0.25) is 0 Å². The van der Waals surface area contributed by atoms with Gasteiger partial charge in [0.25, 0.3) is 0 Å². The summed E-state index contributed by atoms with van der Waals surface area (Å²) in [7, 11) is 0.798. The minimum absolute atomic E-state index is 0.758. The van der Waals surface area contributed by atoms with Gasteiger partial charge in [0.2, 0.25) is 0 Å². The van der Waals surface area contributed by atoms with Gasteiger partial charge < -0.3 is 8.39 Å². The van der Waals surface area contributed by atoms with Crippen LogP contribution in [0.4, 0.5) is 0 Å². The van der Waals surface area contributed by atoms with Gasteiger partial charge in [0, 0.05) is 7.11 Å². The van der Waals surface area contributed by atoms with Gasteiger partial charge in [-0.1, -0.05) is 9.64 Å². The maximum absolute atomic E-state index is 9.93. The molecule has 0 aromatic rings. The van der Waals surface area contributed by atoms with Crippen LogP contribution >= 0.6 is 0 Å². The van der Waals surface area contributed by atoms with Crippen molar-refractivity contribution in [3.8, 4) is 0 Å². The molecule has 0 aromatic heterocycles. The van der Waals surface area contributed by atoms with Crippen molar-refractivity contribution in [2.24, 2.45) is 0 Å². The fourth-order valence-electron chi connectivity index (χ4n) is 0.0278. The van der Waals surface area contributed by atoms with Crippen molar-refractivity contribution < 1.29 is 8.39 Å². The average molecular weight is 143 g/mol. The molecule has 0 amide bonds. The third-order valence-electron chi connectivity index (χ3n) is 0.192. The van der Waals surface area contributed by atoms with E-state index in [4.69, 9.17) is 0 Å². The summed E-state index contributed by atoms with van der Waals surface area (Å²) < 4.78 is 14.2. The van der Waals surface area contributed by atoms with Crippen LogP contribution < -0.4 is 0 Å². The van der Waals surface area contributed by atoms with Gasteiger partial charge in [-0.25, -0.2) is 0 Å². The highest BCUT2D eigenvalue weighted by atomic mass is 33.1. The van der Waals surface area contributed by atoms with Crippen LogP contribution in [0.1, 0.15) is 0 Å². The molecule has 2 nitrogen and oxygen atoms in total. The molecule has 0 saturated carbocycles. The number of rotatable bonds is 1. The lowest BCUT2D eigenvalue weighted by Crippen LogP contribution is -1.70. The summed E-state index contributed by atoms with van der Waals surface area (Å²) in [5.74, 6) is 0. The van der Waals surface area contributed by atoms with Gasteiger partial charge in [-0.3, -0.25) is 0 Å². The molecule has 0 bridgehead atoms. The van der Waals surface area contributed by atoms with Crippen molar-refractivity contribution in [3.63, 3.8) is 0 Å². The van der Waals surface area contributed by atoms with E-state index in [-0.39, 0.29) is 0 Å². The van der Waals surface area contributed by atoms with Crippen molar-refractivity contribution >= 4 is 29.7 Å². The smallest absolute Gasteiger partial charge is 0.0141 e. The molecule has 6 heavy (non-hydrogen) atoms. The minimum atomic E-state index is -1.30. The molecule has 0 aliphatic carbocycles. The first kappa shape index (κ1) is 6.55. The van der Waals surface area contributed by atoms with E-state index < -0.39 is 9.64 Å². The third kappa shape index (κ3) is 2.77. The molecule has 0 aromatic carbocycles. The largest absolute Gasteiger partial charge is 0.446 e. The monoisotopic (exact) mass is 143 g/mol. The van der Waals surface area contributed by atoms with Gasteiger partial charge >= 0.3 is 0 Å². The van der Waals surface area contributed by atoms with Crippen LogP contribution in [-0.4, -0.2) is 7.11 Å². The van der Waals surface area contributed by atoms with Gasteiger partial charge in [-0.15, -0.1) is 0 Å². The van der Waals surface area contributed by atoms with E-state index in [1.54, 1.807) is 0 Å². The maximum Gasteiger partial charge on any atom is 0.0141 e. The average Bonchev–Trinajstić information content (AvgIpc) is 1.65. The van der Waals surface area contributed by atoms with E-state index in [2.05, 4.69) is 15.4 Å². The molecule has 5 heteroatoms. The van der Waals surface area contributed by atoms with Gasteiger partial charge in [-0.05, 0) is 11.2 Å². The predicted octanol–water partition coefficient (Wildman–Crippen LogP) is -0.0289. The van der Waals surface area contributed by atoms with Crippen molar-refractivity contribution in [1.29, 1.82) is 0 Å². The highest BCUT2D eigenvalue weighted by Gasteiger charge is 1.43. The summed E-state index contributed by atoms with van der Waals surface area (Å²) in [6.07, 6.45) is 0. The second kappa shape index (κ2) is 3.73. The molecule has 38 valence electrons. The van der Waals surface area contributed by atoms with E-state index in [9.17, 15) is 4.21 Å². The first-order valence-corrected chi connectivity index (χ1v) is 4.41. The van der Waals surface area contributed by atoms with E-state index in [0.717, 1.165) is 8.88 Å². The summed E-state index contributed by atoms with van der Waals surface area (Å²) in [5.41, 5.74) is 0. The normalized spacial score (nSPS) is 9.00. The van der Waals surface area contributed by atoms with Gasteiger partial charge in [0.05, 0.1) is 0 Å². The zero-order chi connectivity index (χ0) is 4.99. The van der Waals surface area contributed by atoms with E-state index in [1.165, 1.54) is 7.11 Å². The highest BCUT2D eigenvalue weighted by molar-refractivity contribution is 8.42. The maximum atomic E-state index is 9.93. The Morgan fingerprint density at radius 3 is 2.50 bits per heavy atom. The summed E-state index contributed by atoms with van der Waals surface area (Å²) >= 11 is 4.27. The molecule has 0 saturated heterocycles. The second-order valence-corrected chi connectivity index (χ2v) is 3.77. The van der Waals surface area contributed by atoms with Crippen molar-refractivity contribution in [2.45, 2.75) is 0 Å². The van der Waals surface area contributed by atoms with Gasteiger partial charge in [0.1, 0.15) is 0 Å². The molecule has 0 radical (unpaired) electrons. The Morgan fingerprint density at radius 2 is 2.50 bits per heavy atom. The summed E-state index contributed by atoms with van der Waals surface area (Å²) in [6.45, 7) is 0. The second-order valence-electron chi connectivity index (χ2n) is 0.439. The third-order valence-corrected chi connectivity index (χ3v) is 2.32. The van der Waals surface area contributed by atoms with Gasteiger partial charge in [0.15, 0.2) is 0 Å². The highest BCUT2D eigenvalue weighted by Crippen LogP contribution is 1.59. The molecule has 0 aliphatic heterocycles. The Balaban J connectivity index is 3.89. The van der Waals surface area contributed by atoms with Crippen molar-refractivity contribution in [2.75, 3.05) is 7.11 Å². The molecule has 0 rings (SSSR count). The molecule has 0 aliphatic rings. The van der Waals surface area contributed by atoms with Crippen LogP contribution in [0.5, 0.6) is 0 Å². The molecule has 0 unspecified atom stereocenters. The fraction of sp³-hybridized carbons (Fsp3) is 1.00. The Hall–Kier alpha value is 0.550. The summed E-state index contributed by atoms with van der Waals surface area (Å²) in [4.78, 5) is 0. The number of hydrogen-bond acceptors (Lipinski definition) is 4. The molecule has 0 heterocycles. The van der Waals surface area contributed by atoms with Crippen LogP contribution in [0.3, 0.4) is 0 Å². The molecular weight excluding hydrogens is 140 g/mol. The molecule has 0 atom stereocenters. The fourth-order valence-corrected chi connectivity index (χ4v) is 0.750. The predicted molar refractivity (Wildman–Crippen MR) is 29.8 cm³/mol. The van der Waals surface area contributed by atoms with Crippen LogP contribution in [-0.2, 0) is 38.1 Å². The topological polar surface area (TPSA) is 26.3 Å². The lowest BCUT2D eigenvalue weighted by atomic mass is 11.8. The van der Waals surface area contributed by atoms with Gasteiger partial charge in [-0.2, -0.15) is 8.88 Å². The van der Waals surface area contributed by atoms with Crippen LogP contribution in [0, 0.1) is 0 Å². The zero-order valence-electron chi connectivity index (χ0n) is 3.04. The summed E-state index contributed by atoms with van der Waals surface area (Å²) in [6, 6.07) is 0.